The molecule has 2 aromatic carbocycles. The molecule has 2 heterocycles. The number of carbonyl (C=O) groups is 4. The topological polar surface area (TPSA) is 84.0 Å². The molecule has 148 valence electrons. The third-order valence-electron chi connectivity index (χ3n) is 5.14. The van der Waals surface area contributed by atoms with Gasteiger partial charge in [-0.25, -0.2) is 0 Å². The van der Waals surface area contributed by atoms with Crippen LogP contribution in [-0.2, 0) is 19.2 Å². The third-order valence-corrected chi connectivity index (χ3v) is 5.14. The van der Waals surface area contributed by atoms with Crippen molar-refractivity contribution in [3.8, 4) is 5.75 Å². The number of imide groups is 1. The fourth-order valence-corrected chi connectivity index (χ4v) is 3.64. The minimum absolute atomic E-state index is 0.0988. The fourth-order valence-electron chi connectivity index (χ4n) is 3.64. The predicted octanol–water partition coefficient (Wildman–Crippen LogP) is 2.61. The highest BCUT2D eigenvalue weighted by molar-refractivity contribution is 6.19. The van der Waals surface area contributed by atoms with E-state index in [0.29, 0.717) is 11.4 Å². The first-order valence-electron chi connectivity index (χ1n) is 9.47. The molecule has 0 spiro atoms. The summed E-state index contributed by atoms with van der Waals surface area (Å²) in [6, 6.07) is 13.8. The zero-order valence-corrected chi connectivity index (χ0v) is 16.0. The van der Waals surface area contributed by atoms with Crippen LogP contribution in [0.5, 0.6) is 5.75 Å². The van der Waals surface area contributed by atoms with Gasteiger partial charge in [0, 0.05) is 31.5 Å². The van der Waals surface area contributed by atoms with E-state index in [1.165, 1.54) is 0 Å². The van der Waals surface area contributed by atoms with E-state index in [4.69, 9.17) is 4.74 Å². The van der Waals surface area contributed by atoms with E-state index < -0.39 is 11.9 Å². The van der Waals surface area contributed by atoms with E-state index in [-0.39, 0.29) is 43.5 Å². The van der Waals surface area contributed by atoms with Crippen molar-refractivity contribution in [3.63, 3.8) is 0 Å². The maximum Gasteiger partial charge on any atom is 0.316 e. The van der Waals surface area contributed by atoms with Crippen LogP contribution < -0.4 is 14.5 Å². The van der Waals surface area contributed by atoms with Crippen LogP contribution >= 0.6 is 0 Å². The van der Waals surface area contributed by atoms with E-state index in [1.54, 1.807) is 29.2 Å². The first-order chi connectivity index (χ1) is 13.9. The van der Waals surface area contributed by atoms with Gasteiger partial charge < -0.3 is 9.64 Å². The maximum absolute atomic E-state index is 12.5. The Kier molecular flexibility index (Phi) is 4.88. The standard InChI is InChI=1S/C22H20N2O5/c1-14-3-2-4-17(11-14)23-13-15(12-21(23)27)22(28)29-18-7-5-16(6-8-18)24-19(25)9-10-20(24)26/h2-8,11,15H,9-10,12-13H2,1H3/t15-/m0/s1. The van der Waals surface area contributed by atoms with Gasteiger partial charge in [-0.1, -0.05) is 12.1 Å². The summed E-state index contributed by atoms with van der Waals surface area (Å²) >= 11 is 0. The fraction of sp³-hybridized carbons (Fsp3) is 0.273. The molecule has 0 radical (unpaired) electrons. The van der Waals surface area contributed by atoms with Gasteiger partial charge in [0.2, 0.25) is 17.7 Å². The Balaban J connectivity index is 1.41. The lowest BCUT2D eigenvalue weighted by atomic mass is 10.1. The number of amides is 3. The molecular weight excluding hydrogens is 372 g/mol. The minimum Gasteiger partial charge on any atom is -0.426 e. The van der Waals surface area contributed by atoms with Crippen molar-refractivity contribution in [3.05, 3.63) is 54.1 Å². The Morgan fingerprint density at radius 2 is 1.62 bits per heavy atom. The van der Waals surface area contributed by atoms with Gasteiger partial charge in [0.15, 0.2) is 0 Å². The van der Waals surface area contributed by atoms with Gasteiger partial charge in [-0.3, -0.25) is 24.1 Å². The normalized spacial score (nSPS) is 19.2. The summed E-state index contributed by atoms with van der Waals surface area (Å²) < 4.78 is 5.42. The summed E-state index contributed by atoms with van der Waals surface area (Å²) in [5, 5.41) is 0. The average molecular weight is 392 g/mol. The predicted molar refractivity (Wildman–Crippen MR) is 105 cm³/mol. The van der Waals surface area contributed by atoms with E-state index >= 15 is 0 Å². The van der Waals surface area contributed by atoms with Gasteiger partial charge in [0.1, 0.15) is 5.75 Å². The molecule has 0 saturated carbocycles. The number of rotatable bonds is 4. The molecule has 2 aromatic rings. The van der Waals surface area contributed by atoms with Gasteiger partial charge in [-0.15, -0.1) is 0 Å². The smallest absolute Gasteiger partial charge is 0.316 e. The number of esters is 1. The number of benzene rings is 2. The molecule has 0 aromatic heterocycles. The van der Waals surface area contributed by atoms with Crippen molar-refractivity contribution in [1.29, 1.82) is 0 Å². The Morgan fingerprint density at radius 1 is 0.931 bits per heavy atom. The second-order valence-corrected chi connectivity index (χ2v) is 7.28. The molecule has 0 N–H and O–H groups in total. The largest absolute Gasteiger partial charge is 0.426 e. The average Bonchev–Trinajstić information content (AvgIpc) is 3.25. The highest BCUT2D eigenvalue weighted by Crippen LogP contribution is 2.28. The lowest BCUT2D eigenvalue weighted by Gasteiger charge is -2.17. The lowest BCUT2D eigenvalue weighted by Crippen LogP contribution is -2.28. The molecule has 0 aliphatic carbocycles. The van der Waals surface area contributed by atoms with Gasteiger partial charge in [0.05, 0.1) is 11.6 Å². The molecule has 0 unspecified atom stereocenters. The van der Waals surface area contributed by atoms with Crippen molar-refractivity contribution in [2.45, 2.75) is 26.2 Å². The van der Waals surface area contributed by atoms with E-state index in [2.05, 4.69) is 0 Å². The molecular formula is C22H20N2O5. The lowest BCUT2D eigenvalue weighted by molar-refractivity contribution is -0.139. The molecule has 7 heteroatoms. The number of ether oxygens (including phenoxy) is 1. The number of carbonyl (C=O) groups excluding carboxylic acids is 4. The van der Waals surface area contributed by atoms with Crippen LogP contribution in [0.4, 0.5) is 11.4 Å². The van der Waals surface area contributed by atoms with Gasteiger partial charge in [0.25, 0.3) is 0 Å². The summed E-state index contributed by atoms with van der Waals surface area (Å²) in [5.74, 6) is -1.31. The van der Waals surface area contributed by atoms with Crippen molar-refractivity contribution in [2.24, 2.45) is 5.92 Å². The second-order valence-electron chi connectivity index (χ2n) is 7.28. The van der Waals surface area contributed by atoms with Crippen LogP contribution in [0.2, 0.25) is 0 Å². The van der Waals surface area contributed by atoms with Crippen LogP contribution in [0, 0.1) is 12.8 Å². The molecule has 2 aliphatic rings. The molecule has 7 nitrogen and oxygen atoms in total. The molecule has 0 bridgehead atoms. The molecule has 2 aliphatic heterocycles. The van der Waals surface area contributed by atoms with Gasteiger partial charge in [-0.05, 0) is 48.9 Å². The van der Waals surface area contributed by atoms with Crippen molar-refractivity contribution >= 4 is 35.1 Å². The maximum atomic E-state index is 12.5. The molecule has 4 rings (SSSR count). The number of anilines is 2. The first-order valence-corrected chi connectivity index (χ1v) is 9.47. The van der Waals surface area contributed by atoms with E-state index in [9.17, 15) is 19.2 Å². The Bertz CT molecular complexity index is 983. The van der Waals surface area contributed by atoms with Crippen LogP contribution in [0.15, 0.2) is 48.5 Å². The highest BCUT2D eigenvalue weighted by atomic mass is 16.5. The van der Waals surface area contributed by atoms with Gasteiger partial charge in [-0.2, -0.15) is 0 Å². The summed E-state index contributed by atoms with van der Waals surface area (Å²) in [7, 11) is 0. The highest BCUT2D eigenvalue weighted by Gasteiger charge is 2.36. The summed E-state index contributed by atoms with van der Waals surface area (Å²) in [4.78, 5) is 51.2. The zero-order valence-electron chi connectivity index (χ0n) is 16.0. The Hall–Kier alpha value is -3.48. The van der Waals surface area contributed by atoms with E-state index in [0.717, 1.165) is 16.2 Å². The molecule has 3 amide bonds. The Morgan fingerprint density at radius 3 is 2.28 bits per heavy atom. The number of aryl methyl sites for hydroxylation is 1. The SMILES string of the molecule is Cc1cccc(N2C[C@@H](C(=O)Oc3ccc(N4C(=O)CCC4=O)cc3)CC2=O)c1. The van der Waals surface area contributed by atoms with Crippen LogP contribution in [0.25, 0.3) is 0 Å². The van der Waals surface area contributed by atoms with Crippen molar-refractivity contribution < 1.29 is 23.9 Å². The number of hydrogen-bond acceptors (Lipinski definition) is 5. The summed E-state index contributed by atoms with van der Waals surface area (Å²) in [5.41, 5.74) is 2.27. The molecule has 1 atom stereocenters. The monoisotopic (exact) mass is 392 g/mol. The molecule has 2 saturated heterocycles. The zero-order chi connectivity index (χ0) is 20.5. The minimum atomic E-state index is -0.551. The van der Waals surface area contributed by atoms with Crippen LogP contribution in [0.1, 0.15) is 24.8 Å². The molecule has 2 fully saturated rings. The van der Waals surface area contributed by atoms with Crippen LogP contribution in [0.3, 0.4) is 0 Å². The van der Waals surface area contributed by atoms with Gasteiger partial charge >= 0.3 is 5.97 Å². The second kappa shape index (κ2) is 7.50. The third kappa shape index (κ3) is 3.76. The first kappa shape index (κ1) is 18.9. The number of hydrogen-bond donors (Lipinski definition) is 0. The quantitative estimate of drug-likeness (QED) is 0.454. The summed E-state index contributed by atoms with van der Waals surface area (Å²) in [6.07, 6.45) is 0.521. The van der Waals surface area contributed by atoms with Crippen molar-refractivity contribution in [1.82, 2.24) is 0 Å². The Labute approximate surface area is 167 Å². The summed E-state index contributed by atoms with van der Waals surface area (Å²) in [6.45, 7) is 2.22. The number of nitrogens with zero attached hydrogens (tertiary/aromatic N) is 2. The van der Waals surface area contributed by atoms with Crippen molar-refractivity contribution in [2.75, 3.05) is 16.3 Å². The molecule has 29 heavy (non-hydrogen) atoms. The van der Waals surface area contributed by atoms with Crippen LogP contribution in [-0.4, -0.2) is 30.2 Å². The van der Waals surface area contributed by atoms with E-state index in [1.807, 2.05) is 31.2 Å².